The van der Waals surface area contributed by atoms with Gasteiger partial charge in [0, 0.05) is 12.6 Å². The first-order valence-electron chi connectivity index (χ1n) is 4.26. The number of rotatable bonds is 1. The first-order chi connectivity index (χ1) is 6.27. The van der Waals surface area contributed by atoms with Crippen LogP contribution in [-0.4, -0.2) is 16.4 Å². The molecule has 0 aromatic carbocycles. The summed E-state index contributed by atoms with van der Waals surface area (Å²) in [7, 11) is 0. The second-order valence-electron chi connectivity index (χ2n) is 2.99. The summed E-state index contributed by atoms with van der Waals surface area (Å²) in [4.78, 5) is 0. The van der Waals surface area contributed by atoms with E-state index in [1.807, 2.05) is 0 Å². The van der Waals surface area contributed by atoms with Gasteiger partial charge in [0.15, 0.2) is 0 Å². The van der Waals surface area contributed by atoms with E-state index in [9.17, 15) is 8.78 Å². The third-order valence-electron chi connectivity index (χ3n) is 2.00. The third-order valence-corrected chi connectivity index (χ3v) is 2.00. The molecule has 0 unspecified atom stereocenters. The molecule has 1 aliphatic rings. The van der Waals surface area contributed by atoms with Crippen molar-refractivity contribution >= 4 is 0 Å². The molecule has 2 heterocycles. The van der Waals surface area contributed by atoms with Crippen LogP contribution in [0.2, 0.25) is 0 Å². The van der Waals surface area contributed by atoms with E-state index in [2.05, 4.69) is 5.10 Å². The summed E-state index contributed by atoms with van der Waals surface area (Å²) in [5, 5.41) is 3.75. The van der Waals surface area contributed by atoms with E-state index in [0.717, 1.165) is 12.8 Å². The summed E-state index contributed by atoms with van der Waals surface area (Å²) in [5.41, 5.74) is -0.197. The van der Waals surface area contributed by atoms with Crippen molar-refractivity contribution in [3.63, 3.8) is 0 Å². The van der Waals surface area contributed by atoms with Crippen molar-refractivity contribution in [2.75, 3.05) is 6.61 Å². The highest BCUT2D eigenvalue weighted by molar-refractivity contribution is 5.17. The first-order valence-corrected chi connectivity index (χ1v) is 4.26. The molecule has 5 heteroatoms. The summed E-state index contributed by atoms with van der Waals surface area (Å²) in [6, 6.07) is 1.32. The maximum atomic E-state index is 12.2. The zero-order valence-electron chi connectivity index (χ0n) is 7.04. The number of hydrogen-bond acceptors (Lipinski definition) is 2. The summed E-state index contributed by atoms with van der Waals surface area (Å²) >= 11 is 0. The Bertz CT molecular complexity index is 275. The quantitative estimate of drug-likeness (QED) is 0.673. The van der Waals surface area contributed by atoms with Gasteiger partial charge in [0.25, 0.3) is 6.43 Å². The van der Waals surface area contributed by atoms with Crippen LogP contribution in [-0.2, 0) is 6.54 Å². The molecule has 0 saturated carbocycles. The molecule has 0 fully saturated rings. The molecule has 1 aromatic heterocycles. The van der Waals surface area contributed by atoms with Gasteiger partial charge in [-0.1, -0.05) is 0 Å². The van der Waals surface area contributed by atoms with Crippen molar-refractivity contribution in [1.82, 2.24) is 9.78 Å². The number of aryl methyl sites for hydroxylation is 1. The van der Waals surface area contributed by atoms with Crippen LogP contribution in [0.3, 0.4) is 0 Å². The molecule has 0 radical (unpaired) electrons. The Morgan fingerprint density at radius 2 is 2.31 bits per heavy atom. The van der Waals surface area contributed by atoms with E-state index in [1.165, 1.54) is 10.7 Å². The van der Waals surface area contributed by atoms with Gasteiger partial charge >= 0.3 is 0 Å². The van der Waals surface area contributed by atoms with Gasteiger partial charge < -0.3 is 4.74 Å². The van der Waals surface area contributed by atoms with Crippen LogP contribution in [0.1, 0.15) is 25.0 Å². The molecule has 2 rings (SSSR count). The van der Waals surface area contributed by atoms with E-state index in [-0.39, 0.29) is 5.69 Å². The molecule has 0 spiro atoms. The molecule has 1 aliphatic heterocycles. The first kappa shape index (κ1) is 8.47. The van der Waals surface area contributed by atoms with Crippen LogP contribution < -0.4 is 4.74 Å². The Hall–Kier alpha value is -1.13. The molecule has 0 saturated heterocycles. The van der Waals surface area contributed by atoms with Crippen LogP contribution in [0.15, 0.2) is 6.07 Å². The van der Waals surface area contributed by atoms with Gasteiger partial charge in [-0.2, -0.15) is 5.10 Å². The number of halogens is 2. The topological polar surface area (TPSA) is 27.1 Å². The van der Waals surface area contributed by atoms with E-state index < -0.39 is 6.43 Å². The Morgan fingerprint density at radius 1 is 1.46 bits per heavy atom. The van der Waals surface area contributed by atoms with Crippen LogP contribution in [0.4, 0.5) is 8.78 Å². The lowest BCUT2D eigenvalue weighted by molar-refractivity contribution is 0.145. The van der Waals surface area contributed by atoms with Gasteiger partial charge in [0.2, 0.25) is 5.88 Å². The minimum atomic E-state index is -2.51. The molecule has 0 atom stereocenters. The minimum absolute atomic E-state index is 0.197. The second-order valence-corrected chi connectivity index (χ2v) is 2.99. The zero-order chi connectivity index (χ0) is 9.26. The lowest BCUT2D eigenvalue weighted by Crippen LogP contribution is -2.00. The molecule has 3 nitrogen and oxygen atoms in total. The largest absolute Gasteiger partial charge is 0.478 e. The van der Waals surface area contributed by atoms with Crippen molar-refractivity contribution < 1.29 is 13.5 Å². The maximum absolute atomic E-state index is 12.2. The Morgan fingerprint density at radius 3 is 3.08 bits per heavy atom. The third kappa shape index (κ3) is 1.64. The van der Waals surface area contributed by atoms with Crippen LogP contribution in [0.5, 0.6) is 5.88 Å². The van der Waals surface area contributed by atoms with Gasteiger partial charge in [-0.25, -0.2) is 13.5 Å². The van der Waals surface area contributed by atoms with Crippen molar-refractivity contribution in [2.45, 2.75) is 25.8 Å². The number of alkyl halides is 2. The SMILES string of the molecule is FC(F)c1cc2n(n1)CCCCO2. The fourth-order valence-corrected chi connectivity index (χ4v) is 1.34. The van der Waals surface area contributed by atoms with Crippen LogP contribution >= 0.6 is 0 Å². The van der Waals surface area contributed by atoms with Gasteiger partial charge in [-0.3, -0.25) is 0 Å². The molecule has 1 aromatic rings. The van der Waals surface area contributed by atoms with Crippen LogP contribution in [0, 0.1) is 0 Å². The molecule has 0 amide bonds. The number of aromatic nitrogens is 2. The highest BCUT2D eigenvalue weighted by Gasteiger charge is 2.17. The van der Waals surface area contributed by atoms with Crippen molar-refractivity contribution in [3.8, 4) is 5.88 Å². The van der Waals surface area contributed by atoms with Gasteiger partial charge in [-0.15, -0.1) is 0 Å². The van der Waals surface area contributed by atoms with Crippen molar-refractivity contribution in [1.29, 1.82) is 0 Å². The standard InChI is InChI=1S/C8H10F2N2O/c9-8(10)6-5-7-12(11-6)3-1-2-4-13-7/h5,8H,1-4H2. The number of hydrogen-bond donors (Lipinski definition) is 0. The molecular weight excluding hydrogens is 178 g/mol. The maximum Gasteiger partial charge on any atom is 0.282 e. The lowest BCUT2D eigenvalue weighted by Gasteiger charge is -2.00. The van der Waals surface area contributed by atoms with Gasteiger partial charge in [0.1, 0.15) is 5.69 Å². The van der Waals surface area contributed by atoms with E-state index >= 15 is 0 Å². The number of fused-ring (bicyclic) bond motifs is 1. The summed E-state index contributed by atoms with van der Waals surface area (Å²) < 4.78 is 31.2. The fourth-order valence-electron chi connectivity index (χ4n) is 1.34. The van der Waals surface area contributed by atoms with Gasteiger partial charge in [0.05, 0.1) is 6.61 Å². The fraction of sp³-hybridized carbons (Fsp3) is 0.625. The normalized spacial score (nSPS) is 16.5. The van der Waals surface area contributed by atoms with Crippen LogP contribution in [0.25, 0.3) is 0 Å². The number of nitrogens with zero attached hydrogens (tertiary/aromatic N) is 2. The summed E-state index contributed by atoms with van der Waals surface area (Å²) in [6.07, 6.45) is -0.631. The Labute approximate surface area is 74.3 Å². The average Bonchev–Trinajstić information content (AvgIpc) is 2.38. The molecule has 0 aliphatic carbocycles. The number of ether oxygens (including phenoxy) is 1. The Balaban J connectivity index is 2.27. The minimum Gasteiger partial charge on any atom is -0.478 e. The lowest BCUT2D eigenvalue weighted by atomic mass is 10.3. The zero-order valence-corrected chi connectivity index (χ0v) is 7.04. The molecule has 0 N–H and O–H groups in total. The predicted octanol–water partition coefficient (Wildman–Crippen LogP) is 1.99. The summed E-state index contributed by atoms with van der Waals surface area (Å²) in [6.45, 7) is 1.26. The average molecular weight is 188 g/mol. The molecule has 13 heavy (non-hydrogen) atoms. The summed E-state index contributed by atoms with van der Waals surface area (Å²) in [5.74, 6) is 0.466. The van der Waals surface area contributed by atoms with Crippen molar-refractivity contribution in [2.24, 2.45) is 0 Å². The smallest absolute Gasteiger partial charge is 0.282 e. The van der Waals surface area contributed by atoms with Crippen molar-refractivity contribution in [3.05, 3.63) is 11.8 Å². The predicted molar refractivity (Wildman–Crippen MR) is 41.9 cm³/mol. The van der Waals surface area contributed by atoms with Gasteiger partial charge in [-0.05, 0) is 12.8 Å². The second kappa shape index (κ2) is 3.32. The highest BCUT2D eigenvalue weighted by Crippen LogP contribution is 2.24. The van der Waals surface area contributed by atoms with E-state index in [4.69, 9.17) is 4.74 Å². The monoisotopic (exact) mass is 188 g/mol. The Kier molecular flexibility index (Phi) is 2.16. The highest BCUT2D eigenvalue weighted by atomic mass is 19.3. The van der Waals surface area contributed by atoms with E-state index in [1.54, 1.807) is 0 Å². The molecule has 72 valence electrons. The molecular formula is C8H10F2N2O. The molecule has 0 bridgehead atoms. The van der Waals surface area contributed by atoms with E-state index in [0.29, 0.717) is 19.0 Å².